The van der Waals surface area contributed by atoms with E-state index in [2.05, 4.69) is 30.9 Å². The summed E-state index contributed by atoms with van der Waals surface area (Å²) in [5.41, 5.74) is 2.02. The lowest BCUT2D eigenvalue weighted by Crippen LogP contribution is -2.66. The zero-order valence-electron chi connectivity index (χ0n) is 49.6. The summed E-state index contributed by atoms with van der Waals surface area (Å²) >= 11 is 0. The highest BCUT2D eigenvalue weighted by Crippen LogP contribution is 2.44. The first-order valence-electron chi connectivity index (χ1n) is 28.5. The first kappa shape index (κ1) is 65.5. The first-order chi connectivity index (χ1) is 42.6. The number of amides is 3. The van der Waals surface area contributed by atoms with Crippen molar-refractivity contribution in [3.8, 4) is 11.5 Å². The third-order valence-corrected chi connectivity index (χ3v) is 14.3. The maximum Gasteiger partial charge on any atom is 0.303 e. The molecule has 9 atom stereocenters. The fourth-order valence-corrected chi connectivity index (χ4v) is 10.2. The number of ether oxygens (including phenoxy) is 12. The molecule has 4 N–H and O–H groups in total. The van der Waals surface area contributed by atoms with E-state index >= 15 is 0 Å². The molecular weight excluding hydrogens is 1150 g/mol. The van der Waals surface area contributed by atoms with Crippen molar-refractivity contribution in [1.29, 1.82) is 0 Å². The summed E-state index contributed by atoms with van der Waals surface area (Å²) in [5.74, 6) is -1.81. The third kappa shape index (κ3) is 17.0. The van der Waals surface area contributed by atoms with Crippen molar-refractivity contribution in [3.05, 3.63) is 144 Å². The zero-order valence-corrected chi connectivity index (χ0v) is 49.6. The van der Waals surface area contributed by atoms with Crippen LogP contribution in [0.2, 0.25) is 0 Å². The van der Waals surface area contributed by atoms with E-state index in [1.54, 1.807) is 49.1 Å². The van der Waals surface area contributed by atoms with Crippen LogP contribution < -0.4 is 25.4 Å². The summed E-state index contributed by atoms with van der Waals surface area (Å²) in [6.07, 6.45) is -5.66. The van der Waals surface area contributed by atoms with Crippen LogP contribution in [0.3, 0.4) is 0 Å². The SMILES string of the molecule is COc1ccc(C(OC[C@H]2O[C@@H](n3cnc4c(NC(=O)c5ccccc5)ncnc43)[C@H](OCOCCOCCNC(=O)CCCCO[C@H]3O[C@@H](COC(C)=O)[C@@H](OC(C)=O)[C@@H](OC(C)=O)[C@@H]3NC(C)=O)[C@@H]2O)(c2ccccc2)c2ccc(OC)cc2)cc1. The molecule has 2 saturated heterocycles. The number of rotatable bonds is 31. The van der Waals surface area contributed by atoms with Gasteiger partial charge in [0, 0.05) is 52.8 Å². The molecule has 2 aromatic heterocycles. The molecule has 0 bridgehead atoms. The van der Waals surface area contributed by atoms with Gasteiger partial charge in [0.2, 0.25) is 11.8 Å². The highest BCUT2D eigenvalue weighted by Gasteiger charge is 2.52. The van der Waals surface area contributed by atoms with Crippen molar-refractivity contribution in [2.75, 3.05) is 72.5 Å². The Kier molecular flexibility index (Phi) is 23.8. The van der Waals surface area contributed by atoms with Gasteiger partial charge < -0.3 is 77.9 Å². The number of aliphatic hydroxyl groups is 1. The second-order valence-electron chi connectivity index (χ2n) is 20.4. The lowest BCUT2D eigenvalue weighted by atomic mass is 9.80. The number of imidazole rings is 1. The molecule has 2 aliphatic rings. The summed E-state index contributed by atoms with van der Waals surface area (Å²) in [6.45, 7) is 4.50. The van der Waals surface area contributed by atoms with Gasteiger partial charge in [-0.05, 0) is 65.9 Å². The van der Waals surface area contributed by atoms with Crippen molar-refractivity contribution in [3.63, 3.8) is 0 Å². The van der Waals surface area contributed by atoms with Gasteiger partial charge in [-0.2, -0.15) is 0 Å². The Labute approximate surface area is 507 Å². The number of nitrogens with one attached hydrogen (secondary N) is 3. The number of carbonyl (C=O) groups excluding carboxylic acids is 6. The molecule has 4 heterocycles. The van der Waals surface area contributed by atoms with Crippen LogP contribution in [0, 0.1) is 0 Å². The Morgan fingerprint density at radius 1 is 0.648 bits per heavy atom. The molecule has 3 amide bonds. The predicted octanol–water partition coefficient (Wildman–Crippen LogP) is 4.70. The Morgan fingerprint density at radius 3 is 1.92 bits per heavy atom. The fraction of sp³-hybridized carbons (Fsp3) is 0.435. The summed E-state index contributed by atoms with van der Waals surface area (Å²) < 4.78 is 72.5. The number of nitrogens with zero attached hydrogens (tertiary/aromatic N) is 4. The van der Waals surface area contributed by atoms with Crippen molar-refractivity contribution in [1.82, 2.24) is 30.2 Å². The van der Waals surface area contributed by atoms with E-state index in [0.717, 1.165) is 30.5 Å². The molecule has 470 valence electrons. The van der Waals surface area contributed by atoms with Gasteiger partial charge in [-0.3, -0.25) is 33.3 Å². The first-order valence-corrected chi connectivity index (χ1v) is 28.5. The maximum absolute atomic E-state index is 13.3. The van der Waals surface area contributed by atoms with E-state index in [4.69, 9.17) is 56.8 Å². The van der Waals surface area contributed by atoms with Crippen LogP contribution in [0.4, 0.5) is 5.82 Å². The molecule has 0 radical (unpaired) electrons. The molecule has 0 saturated carbocycles. The van der Waals surface area contributed by atoms with Crippen molar-refractivity contribution < 1.29 is 90.7 Å². The Morgan fingerprint density at radius 2 is 1.28 bits per heavy atom. The Balaban J connectivity index is 0.866. The van der Waals surface area contributed by atoms with Gasteiger partial charge in [-0.15, -0.1) is 0 Å². The Bertz CT molecular complexity index is 3200. The minimum Gasteiger partial charge on any atom is -0.497 e. The number of carbonyl (C=O) groups is 6. The zero-order chi connectivity index (χ0) is 62.6. The third-order valence-electron chi connectivity index (χ3n) is 14.3. The molecule has 26 nitrogen and oxygen atoms in total. The summed E-state index contributed by atoms with van der Waals surface area (Å²) in [6, 6.07) is 32.3. The van der Waals surface area contributed by atoms with E-state index in [9.17, 15) is 33.9 Å². The highest BCUT2D eigenvalue weighted by molar-refractivity contribution is 6.06. The number of esters is 3. The molecule has 26 heteroatoms. The van der Waals surface area contributed by atoms with E-state index in [0.29, 0.717) is 29.9 Å². The fourth-order valence-electron chi connectivity index (χ4n) is 10.2. The van der Waals surface area contributed by atoms with Crippen LogP contribution >= 0.6 is 0 Å². The number of hydrogen-bond acceptors (Lipinski definition) is 22. The largest absolute Gasteiger partial charge is 0.497 e. The molecule has 0 spiro atoms. The van der Waals surface area contributed by atoms with Crippen molar-refractivity contribution >= 4 is 52.6 Å². The number of benzene rings is 4. The number of aliphatic hydroxyl groups excluding tert-OH is 1. The number of methoxy groups -OCH3 is 2. The Hall–Kier alpha value is -8.47. The van der Waals surface area contributed by atoms with Gasteiger partial charge in [0.1, 0.15) is 67.3 Å². The highest BCUT2D eigenvalue weighted by atomic mass is 16.7. The lowest BCUT2D eigenvalue weighted by Gasteiger charge is -2.44. The van der Waals surface area contributed by atoms with Gasteiger partial charge in [0.05, 0.1) is 47.0 Å². The topological polar surface area (TPSA) is 313 Å². The minimum atomic E-state index is -1.32. The molecule has 8 rings (SSSR count). The van der Waals surface area contributed by atoms with Gasteiger partial charge >= 0.3 is 17.9 Å². The van der Waals surface area contributed by atoms with E-state index < -0.39 is 90.5 Å². The normalized spacial score (nSPS) is 20.8. The van der Waals surface area contributed by atoms with Crippen LogP contribution in [0.1, 0.15) is 80.2 Å². The van der Waals surface area contributed by atoms with E-state index in [1.165, 1.54) is 26.5 Å². The predicted molar refractivity (Wildman–Crippen MR) is 311 cm³/mol. The summed E-state index contributed by atoms with van der Waals surface area (Å²) in [5, 5.41) is 20.6. The molecule has 6 aromatic rings. The molecule has 0 unspecified atom stereocenters. The van der Waals surface area contributed by atoms with Gasteiger partial charge in [-0.25, -0.2) is 15.0 Å². The average Bonchev–Trinajstić information content (AvgIpc) is 0.934. The van der Waals surface area contributed by atoms with Crippen LogP contribution in [-0.2, 0) is 76.9 Å². The van der Waals surface area contributed by atoms with Crippen molar-refractivity contribution in [2.24, 2.45) is 0 Å². The number of aromatic nitrogens is 4. The van der Waals surface area contributed by atoms with Gasteiger partial charge in [-0.1, -0.05) is 72.8 Å². The van der Waals surface area contributed by atoms with Crippen LogP contribution in [-0.4, -0.2) is 176 Å². The summed E-state index contributed by atoms with van der Waals surface area (Å²) in [4.78, 5) is 87.6. The smallest absolute Gasteiger partial charge is 0.303 e. The molecule has 0 aliphatic carbocycles. The molecular formula is C62H73N7O19. The number of hydrogen-bond donors (Lipinski definition) is 4. The quantitative estimate of drug-likeness (QED) is 0.0151. The number of fused-ring (bicyclic) bond motifs is 1. The standard InChI is InChI=1S/C62H73N7O19/c1-38(70)67-51-55(86-41(4)73)54(85-40(3)72)49(33-82-39(2)71)88-61(51)81-29-14-13-19-50(74)63-28-30-79-31-32-80-37-83-56-53(75)48(87-60(56)69-36-66-52-57(64-35-65-58(52)69)68-59(76)42-15-9-7-10-16-42)34-84-62(43-17-11-8-12-18-43,44-20-24-46(77-5)25-21-44)45-22-26-47(78-6)27-23-45/h7-12,15-18,20-27,35-36,48-49,51,53-56,60-61,75H,13-14,19,28-34,37H2,1-6H3,(H,63,74)(H,67,70)(H,64,65,68,76)/t48-,49+,51+,53-,54-,55+,56-,60-,61+/m1/s1. The van der Waals surface area contributed by atoms with Crippen molar-refractivity contribution in [2.45, 2.75) is 108 Å². The monoisotopic (exact) mass is 1220 g/mol. The molecule has 2 aliphatic heterocycles. The van der Waals surface area contributed by atoms with E-state index in [1.807, 2.05) is 78.9 Å². The van der Waals surface area contributed by atoms with Gasteiger partial charge in [0.25, 0.3) is 5.91 Å². The number of unbranched alkanes of at least 4 members (excludes halogenated alkanes) is 1. The molecule has 4 aromatic carbocycles. The molecule has 2 fully saturated rings. The maximum atomic E-state index is 13.3. The number of anilines is 1. The van der Waals surface area contributed by atoms with Crippen LogP contribution in [0.25, 0.3) is 11.2 Å². The van der Waals surface area contributed by atoms with Crippen LogP contribution in [0.15, 0.2) is 122 Å². The minimum absolute atomic E-state index is 0.0490. The second-order valence-corrected chi connectivity index (χ2v) is 20.4. The molecule has 88 heavy (non-hydrogen) atoms. The lowest BCUT2D eigenvalue weighted by molar-refractivity contribution is -0.277. The van der Waals surface area contributed by atoms with E-state index in [-0.39, 0.29) is 82.3 Å². The van der Waals surface area contributed by atoms with Crippen LogP contribution in [0.5, 0.6) is 11.5 Å². The second kappa shape index (κ2) is 32.0. The average molecular weight is 1220 g/mol. The summed E-state index contributed by atoms with van der Waals surface area (Å²) in [7, 11) is 3.19. The van der Waals surface area contributed by atoms with Gasteiger partial charge in [0.15, 0.2) is 41.7 Å².